The van der Waals surface area contributed by atoms with E-state index in [1.54, 1.807) is 30.3 Å². The number of hydrazone groups is 1. The minimum atomic E-state index is -0.292. The van der Waals surface area contributed by atoms with E-state index in [9.17, 15) is 9.90 Å². The van der Waals surface area contributed by atoms with Gasteiger partial charge in [-0.1, -0.05) is 18.2 Å². The van der Waals surface area contributed by atoms with Gasteiger partial charge in [-0.2, -0.15) is 5.10 Å². The van der Waals surface area contributed by atoms with Gasteiger partial charge >= 0.3 is 0 Å². The molecule has 0 fully saturated rings. The van der Waals surface area contributed by atoms with Crippen molar-refractivity contribution in [3.05, 3.63) is 59.7 Å². The molecule has 5 heteroatoms. The quantitative estimate of drug-likeness (QED) is 0.660. The molecule has 0 aliphatic carbocycles. The molecule has 5 nitrogen and oxygen atoms in total. The summed E-state index contributed by atoms with van der Waals surface area (Å²) in [6.07, 6.45) is 1.46. The summed E-state index contributed by atoms with van der Waals surface area (Å²) in [6, 6.07) is 13.4. The van der Waals surface area contributed by atoms with Crippen LogP contribution < -0.4 is 10.2 Å². The Bertz CT molecular complexity index is 624. The largest absolute Gasteiger partial charge is 0.508 e. The molecule has 2 aromatic rings. The number of nitrogens with one attached hydrogen (secondary N) is 1. The molecule has 2 N–H and O–H groups in total. The monoisotopic (exact) mass is 270 g/mol. The number of phenolic OH excluding ortho intramolecular Hbond substituents is 1. The van der Waals surface area contributed by atoms with Gasteiger partial charge in [0.05, 0.1) is 13.3 Å². The standard InChI is InChI=1S/C15H14N2O3/c1-20-14-9-13(18)8-7-12(14)10-16-17-15(19)11-5-3-2-4-6-11/h2-10,18H,1H3,(H,17,19)/b16-10-. The van der Waals surface area contributed by atoms with Crippen LogP contribution in [0.1, 0.15) is 15.9 Å². The Kier molecular flexibility index (Phi) is 4.34. The zero-order chi connectivity index (χ0) is 14.4. The summed E-state index contributed by atoms with van der Waals surface area (Å²) in [6.45, 7) is 0. The lowest BCUT2D eigenvalue weighted by Gasteiger charge is -2.04. The first-order chi connectivity index (χ1) is 9.70. The van der Waals surface area contributed by atoms with Gasteiger partial charge in [0.15, 0.2) is 0 Å². The first kappa shape index (κ1) is 13.6. The second kappa shape index (κ2) is 6.38. The zero-order valence-corrected chi connectivity index (χ0v) is 10.9. The molecule has 0 spiro atoms. The van der Waals surface area contributed by atoms with Crippen molar-refractivity contribution in [2.75, 3.05) is 7.11 Å². The average Bonchev–Trinajstić information content (AvgIpc) is 2.49. The van der Waals surface area contributed by atoms with Crippen molar-refractivity contribution in [3.63, 3.8) is 0 Å². The van der Waals surface area contributed by atoms with E-state index in [2.05, 4.69) is 10.5 Å². The van der Waals surface area contributed by atoms with Crippen LogP contribution >= 0.6 is 0 Å². The van der Waals surface area contributed by atoms with Gasteiger partial charge in [-0.3, -0.25) is 4.79 Å². The van der Waals surface area contributed by atoms with Crippen LogP contribution in [-0.4, -0.2) is 24.3 Å². The molecule has 0 unspecified atom stereocenters. The van der Waals surface area contributed by atoms with Crippen molar-refractivity contribution in [2.45, 2.75) is 0 Å². The van der Waals surface area contributed by atoms with Crippen molar-refractivity contribution < 1.29 is 14.6 Å². The number of phenols is 1. The zero-order valence-electron chi connectivity index (χ0n) is 10.9. The van der Waals surface area contributed by atoms with Crippen molar-refractivity contribution in [3.8, 4) is 11.5 Å². The van der Waals surface area contributed by atoms with E-state index in [-0.39, 0.29) is 11.7 Å². The predicted octanol–water partition coefficient (Wildman–Crippen LogP) is 2.16. The van der Waals surface area contributed by atoms with E-state index in [1.165, 1.54) is 25.5 Å². The Labute approximate surface area is 116 Å². The highest BCUT2D eigenvalue weighted by molar-refractivity contribution is 5.95. The number of nitrogens with zero attached hydrogens (tertiary/aromatic N) is 1. The number of benzene rings is 2. The molecule has 1 amide bonds. The molecule has 20 heavy (non-hydrogen) atoms. The number of hydrogen-bond donors (Lipinski definition) is 2. The van der Waals surface area contributed by atoms with E-state index in [1.807, 2.05) is 6.07 Å². The number of carbonyl (C=O) groups is 1. The molecule has 0 saturated carbocycles. The van der Waals surface area contributed by atoms with Crippen LogP contribution in [0.25, 0.3) is 0 Å². The molecule has 2 rings (SSSR count). The summed E-state index contributed by atoms with van der Waals surface area (Å²) in [4.78, 5) is 11.7. The van der Waals surface area contributed by atoms with Crippen LogP contribution in [0.2, 0.25) is 0 Å². The average molecular weight is 270 g/mol. The number of hydrogen-bond acceptors (Lipinski definition) is 4. The Morgan fingerprint density at radius 2 is 2.00 bits per heavy atom. The number of amides is 1. The smallest absolute Gasteiger partial charge is 0.271 e. The first-order valence-electron chi connectivity index (χ1n) is 5.96. The SMILES string of the molecule is COc1cc(O)ccc1/C=N\NC(=O)c1ccccc1. The van der Waals surface area contributed by atoms with Crippen molar-refractivity contribution >= 4 is 12.1 Å². The van der Waals surface area contributed by atoms with Gasteiger partial charge in [0.1, 0.15) is 11.5 Å². The van der Waals surface area contributed by atoms with Gasteiger partial charge in [0.25, 0.3) is 5.91 Å². The lowest BCUT2D eigenvalue weighted by molar-refractivity contribution is 0.0955. The Balaban J connectivity index is 2.05. The molecule has 0 aliphatic rings. The number of rotatable bonds is 4. The molecule has 0 heterocycles. The normalized spacial score (nSPS) is 10.4. The third-order valence-electron chi connectivity index (χ3n) is 2.62. The van der Waals surface area contributed by atoms with Crippen molar-refractivity contribution in [2.24, 2.45) is 5.10 Å². The van der Waals surface area contributed by atoms with E-state index in [0.29, 0.717) is 16.9 Å². The molecule has 0 aliphatic heterocycles. The van der Waals surface area contributed by atoms with E-state index in [0.717, 1.165) is 0 Å². The highest BCUT2D eigenvalue weighted by atomic mass is 16.5. The molecule has 0 saturated heterocycles. The predicted molar refractivity (Wildman–Crippen MR) is 76.2 cm³/mol. The maximum absolute atomic E-state index is 11.7. The Hall–Kier alpha value is -2.82. The van der Waals surface area contributed by atoms with Gasteiger partial charge < -0.3 is 9.84 Å². The van der Waals surface area contributed by atoms with Gasteiger partial charge in [0.2, 0.25) is 0 Å². The van der Waals surface area contributed by atoms with E-state index in [4.69, 9.17) is 4.74 Å². The summed E-state index contributed by atoms with van der Waals surface area (Å²) in [5, 5.41) is 13.2. The third-order valence-corrected chi connectivity index (χ3v) is 2.62. The second-order valence-electron chi connectivity index (χ2n) is 3.99. The van der Waals surface area contributed by atoms with Crippen LogP contribution in [0.5, 0.6) is 11.5 Å². The van der Waals surface area contributed by atoms with Crippen LogP contribution in [-0.2, 0) is 0 Å². The van der Waals surface area contributed by atoms with Crippen LogP contribution in [0.3, 0.4) is 0 Å². The Morgan fingerprint density at radius 3 is 2.70 bits per heavy atom. The summed E-state index contributed by atoms with van der Waals surface area (Å²) < 4.78 is 5.10. The number of aromatic hydroxyl groups is 1. The Morgan fingerprint density at radius 1 is 1.25 bits per heavy atom. The van der Waals surface area contributed by atoms with Gasteiger partial charge in [0, 0.05) is 17.2 Å². The van der Waals surface area contributed by atoms with E-state index < -0.39 is 0 Å². The molecular formula is C15H14N2O3. The molecule has 0 radical (unpaired) electrons. The highest BCUT2D eigenvalue weighted by Crippen LogP contribution is 2.21. The lowest BCUT2D eigenvalue weighted by Crippen LogP contribution is -2.17. The fourth-order valence-electron chi connectivity index (χ4n) is 1.62. The van der Waals surface area contributed by atoms with Gasteiger partial charge in [-0.05, 0) is 24.3 Å². The summed E-state index contributed by atoms with van der Waals surface area (Å²) >= 11 is 0. The summed E-state index contributed by atoms with van der Waals surface area (Å²) in [5.74, 6) is 0.287. The third kappa shape index (κ3) is 3.35. The fourth-order valence-corrected chi connectivity index (χ4v) is 1.62. The maximum atomic E-state index is 11.7. The topological polar surface area (TPSA) is 70.9 Å². The molecule has 0 aromatic heterocycles. The summed E-state index contributed by atoms with van der Waals surface area (Å²) in [5.41, 5.74) is 3.61. The van der Waals surface area contributed by atoms with Gasteiger partial charge in [-0.15, -0.1) is 0 Å². The molecule has 102 valence electrons. The first-order valence-corrected chi connectivity index (χ1v) is 5.96. The minimum Gasteiger partial charge on any atom is -0.508 e. The molecule has 2 aromatic carbocycles. The molecule has 0 bridgehead atoms. The number of ether oxygens (including phenoxy) is 1. The summed E-state index contributed by atoms with van der Waals surface area (Å²) in [7, 11) is 1.49. The van der Waals surface area contributed by atoms with E-state index >= 15 is 0 Å². The van der Waals surface area contributed by atoms with Gasteiger partial charge in [-0.25, -0.2) is 5.43 Å². The maximum Gasteiger partial charge on any atom is 0.271 e. The van der Waals surface area contributed by atoms with Crippen LogP contribution in [0.15, 0.2) is 53.6 Å². The minimum absolute atomic E-state index is 0.104. The highest BCUT2D eigenvalue weighted by Gasteiger charge is 2.03. The fraction of sp³-hybridized carbons (Fsp3) is 0.0667. The van der Waals surface area contributed by atoms with Crippen molar-refractivity contribution in [1.82, 2.24) is 5.43 Å². The number of carbonyl (C=O) groups excluding carboxylic acids is 1. The number of methoxy groups -OCH3 is 1. The van der Waals surface area contributed by atoms with Crippen molar-refractivity contribution in [1.29, 1.82) is 0 Å². The second-order valence-corrected chi connectivity index (χ2v) is 3.99. The molecular weight excluding hydrogens is 256 g/mol. The van der Waals surface area contributed by atoms with Crippen LogP contribution in [0, 0.1) is 0 Å². The molecule has 0 atom stereocenters. The lowest BCUT2D eigenvalue weighted by atomic mass is 10.2. The van der Waals surface area contributed by atoms with Crippen LogP contribution in [0.4, 0.5) is 0 Å².